The van der Waals surface area contributed by atoms with E-state index in [2.05, 4.69) is 30.8 Å². The number of carbonyl (C=O) groups is 1. The molecule has 0 radical (unpaired) electrons. The third-order valence-corrected chi connectivity index (χ3v) is 8.95. The highest BCUT2D eigenvalue weighted by Gasteiger charge is 2.51. The molecular weight excluding hydrogens is 396 g/mol. The fraction of sp³-hybridized carbons (Fsp3) is 0.708. The molecule has 0 atom stereocenters. The average Bonchev–Trinajstić information content (AvgIpc) is 2.63. The lowest BCUT2D eigenvalue weighted by Crippen LogP contribution is -2.48. The molecule has 2 N–H and O–H groups in total. The molecule has 0 heterocycles. The lowest BCUT2D eigenvalue weighted by molar-refractivity contribution is -0.129. The normalized spacial score (nSPS) is 30.4. The number of hydrogen-bond acceptors (Lipinski definition) is 3. The molecule has 0 spiro atoms. The molecule has 0 saturated heterocycles. The molecule has 5 nitrogen and oxygen atoms in total. The van der Waals surface area contributed by atoms with Crippen molar-refractivity contribution in [3.63, 3.8) is 0 Å². The number of rotatable bonds is 7. The standard InChI is InChI=1S/C24H36N2O3S/c1-23(2,3)20-4-6-21(7-5-20)30(28,29)26-9-8-25-22(27)16-24-13-17-10-18(14-24)12-19(11-17)15-24/h4-7,17-19,26H,8-16H2,1-3H3,(H,25,27). The van der Waals surface area contributed by atoms with Crippen LogP contribution in [0.2, 0.25) is 0 Å². The van der Waals surface area contributed by atoms with E-state index in [9.17, 15) is 13.2 Å². The molecule has 4 aliphatic carbocycles. The van der Waals surface area contributed by atoms with E-state index in [0.29, 0.717) is 13.0 Å². The van der Waals surface area contributed by atoms with Crippen molar-refractivity contribution in [3.05, 3.63) is 29.8 Å². The van der Waals surface area contributed by atoms with Crippen LogP contribution in [-0.2, 0) is 20.2 Å². The highest BCUT2D eigenvalue weighted by Crippen LogP contribution is 2.61. The number of sulfonamides is 1. The van der Waals surface area contributed by atoms with E-state index >= 15 is 0 Å². The first-order valence-corrected chi connectivity index (χ1v) is 12.9. The first kappa shape index (κ1) is 21.8. The summed E-state index contributed by atoms with van der Waals surface area (Å²) in [6, 6.07) is 7.02. The Hall–Kier alpha value is -1.40. The van der Waals surface area contributed by atoms with Crippen molar-refractivity contribution >= 4 is 15.9 Å². The van der Waals surface area contributed by atoms with E-state index < -0.39 is 10.0 Å². The summed E-state index contributed by atoms with van der Waals surface area (Å²) in [6.07, 6.45) is 8.37. The fourth-order valence-corrected chi connectivity index (χ4v) is 7.55. The maximum Gasteiger partial charge on any atom is 0.240 e. The molecule has 1 amide bonds. The van der Waals surface area contributed by atoms with Gasteiger partial charge in [-0.3, -0.25) is 4.79 Å². The number of nitrogens with one attached hydrogen (secondary N) is 2. The van der Waals surface area contributed by atoms with Gasteiger partial charge in [-0.25, -0.2) is 13.1 Å². The first-order chi connectivity index (χ1) is 14.0. The van der Waals surface area contributed by atoms with Gasteiger partial charge in [-0.05, 0) is 84.8 Å². The van der Waals surface area contributed by atoms with Gasteiger partial charge >= 0.3 is 0 Å². The van der Waals surface area contributed by atoms with Crippen molar-refractivity contribution in [2.75, 3.05) is 13.1 Å². The minimum atomic E-state index is -3.57. The van der Waals surface area contributed by atoms with Crippen molar-refractivity contribution in [2.45, 2.75) is 76.0 Å². The SMILES string of the molecule is CC(C)(C)c1ccc(S(=O)(=O)NCCNC(=O)CC23CC4CC(CC(C4)C2)C3)cc1. The van der Waals surface area contributed by atoms with Crippen LogP contribution >= 0.6 is 0 Å². The van der Waals surface area contributed by atoms with Gasteiger partial charge in [-0.15, -0.1) is 0 Å². The molecule has 4 bridgehead atoms. The van der Waals surface area contributed by atoms with Crippen LogP contribution in [0.3, 0.4) is 0 Å². The van der Waals surface area contributed by atoms with Gasteiger partial charge in [0.1, 0.15) is 0 Å². The number of hydrogen-bond donors (Lipinski definition) is 2. The molecule has 4 aliphatic rings. The van der Waals surface area contributed by atoms with Crippen LogP contribution in [0.25, 0.3) is 0 Å². The Labute approximate surface area is 181 Å². The van der Waals surface area contributed by atoms with Gasteiger partial charge < -0.3 is 5.32 Å². The Morgan fingerprint density at radius 2 is 1.50 bits per heavy atom. The summed E-state index contributed by atoms with van der Waals surface area (Å²) in [5.41, 5.74) is 1.29. The second kappa shape index (κ2) is 7.94. The van der Waals surface area contributed by atoms with Crippen LogP contribution in [-0.4, -0.2) is 27.4 Å². The van der Waals surface area contributed by atoms with Crippen molar-refractivity contribution in [2.24, 2.45) is 23.2 Å². The van der Waals surface area contributed by atoms with Gasteiger partial charge in [0, 0.05) is 19.5 Å². The van der Waals surface area contributed by atoms with Crippen LogP contribution in [0.15, 0.2) is 29.2 Å². The van der Waals surface area contributed by atoms with Gasteiger partial charge in [-0.2, -0.15) is 0 Å². The zero-order valence-corrected chi connectivity index (χ0v) is 19.4. The minimum Gasteiger partial charge on any atom is -0.355 e. The van der Waals surface area contributed by atoms with E-state index in [1.807, 2.05) is 12.1 Å². The molecule has 0 aliphatic heterocycles. The van der Waals surface area contributed by atoms with Crippen LogP contribution < -0.4 is 10.0 Å². The molecular formula is C24H36N2O3S. The summed E-state index contributed by atoms with van der Waals surface area (Å²) in [5, 5.41) is 2.94. The molecule has 1 aromatic carbocycles. The van der Waals surface area contributed by atoms with Gasteiger partial charge in [0.25, 0.3) is 0 Å². The summed E-state index contributed by atoms with van der Waals surface area (Å²) >= 11 is 0. The van der Waals surface area contributed by atoms with Crippen LogP contribution in [0.4, 0.5) is 0 Å². The summed E-state index contributed by atoms with van der Waals surface area (Å²) in [5.74, 6) is 2.58. The molecule has 166 valence electrons. The third kappa shape index (κ3) is 4.75. The van der Waals surface area contributed by atoms with E-state index in [1.54, 1.807) is 12.1 Å². The maximum absolute atomic E-state index is 12.6. The second-order valence-corrected chi connectivity index (χ2v) is 12.9. The van der Waals surface area contributed by atoms with E-state index in [4.69, 9.17) is 0 Å². The summed E-state index contributed by atoms with van der Waals surface area (Å²) in [6.45, 7) is 6.82. The predicted molar refractivity (Wildman–Crippen MR) is 119 cm³/mol. The smallest absolute Gasteiger partial charge is 0.240 e. The second-order valence-electron chi connectivity index (χ2n) is 11.1. The lowest BCUT2D eigenvalue weighted by atomic mass is 9.49. The van der Waals surface area contributed by atoms with Gasteiger partial charge in [0.2, 0.25) is 15.9 Å². The number of carbonyl (C=O) groups excluding carboxylic acids is 1. The van der Waals surface area contributed by atoms with Crippen molar-refractivity contribution in [3.8, 4) is 0 Å². The molecule has 0 unspecified atom stereocenters. The van der Waals surface area contributed by atoms with Crippen molar-refractivity contribution in [1.82, 2.24) is 10.0 Å². The maximum atomic E-state index is 12.6. The molecule has 1 aromatic rings. The molecule has 5 rings (SSSR count). The van der Waals surface area contributed by atoms with Crippen LogP contribution in [0.1, 0.15) is 71.3 Å². The highest BCUT2D eigenvalue weighted by molar-refractivity contribution is 7.89. The van der Waals surface area contributed by atoms with Gasteiger partial charge in [-0.1, -0.05) is 32.9 Å². The van der Waals surface area contributed by atoms with E-state index in [0.717, 1.165) is 23.3 Å². The molecule has 0 aromatic heterocycles. The molecule has 4 saturated carbocycles. The summed E-state index contributed by atoms with van der Waals surface area (Å²) < 4.78 is 27.6. The Kier molecular flexibility index (Phi) is 5.77. The highest BCUT2D eigenvalue weighted by atomic mass is 32.2. The zero-order chi connectivity index (χ0) is 21.6. The monoisotopic (exact) mass is 432 g/mol. The largest absolute Gasteiger partial charge is 0.355 e. The van der Waals surface area contributed by atoms with Crippen molar-refractivity contribution < 1.29 is 13.2 Å². The topological polar surface area (TPSA) is 75.3 Å². The Bertz CT molecular complexity index is 849. The zero-order valence-electron chi connectivity index (χ0n) is 18.5. The van der Waals surface area contributed by atoms with Gasteiger partial charge in [0.15, 0.2) is 0 Å². The molecule has 4 fully saturated rings. The van der Waals surface area contributed by atoms with E-state index in [-0.39, 0.29) is 28.2 Å². The Balaban J connectivity index is 1.24. The summed E-state index contributed by atoms with van der Waals surface area (Å²) in [7, 11) is -3.57. The molecule has 30 heavy (non-hydrogen) atoms. The van der Waals surface area contributed by atoms with Crippen LogP contribution in [0.5, 0.6) is 0 Å². The molecule has 6 heteroatoms. The lowest BCUT2D eigenvalue weighted by Gasteiger charge is -2.56. The number of amides is 1. The quantitative estimate of drug-likeness (QED) is 0.640. The van der Waals surface area contributed by atoms with E-state index in [1.165, 1.54) is 38.5 Å². The van der Waals surface area contributed by atoms with Gasteiger partial charge in [0.05, 0.1) is 4.90 Å². The van der Waals surface area contributed by atoms with Crippen molar-refractivity contribution in [1.29, 1.82) is 0 Å². The number of benzene rings is 1. The van der Waals surface area contributed by atoms with Crippen LogP contribution in [0, 0.1) is 23.2 Å². The average molecular weight is 433 g/mol. The third-order valence-electron chi connectivity index (χ3n) is 7.47. The fourth-order valence-electron chi connectivity index (χ4n) is 6.51. The Morgan fingerprint density at radius 1 is 0.967 bits per heavy atom. The predicted octanol–water partition coefficient (Wildman–Crippen LogP) is 3.99. The first-order valence-electron chi connectivity index (χ1n) is 11.4. The Morgan fingerprint density at radius 3 is 2.00 bits per heavy atom. The summed E-state index contributed by atoms with van der Waals surface area (Å²) in [4.78, 5) is 12.8. The minimum absolute atomic E-state index is 0.0172.